The first-order valence-electron chi connectivity index (χ1n) is 3.89. The minimum atomic E-state index is 0.204. The monoisotopic (exact) mass is 167 g/mol. The quantitative estimate of drug-likeness (QED) is 0.570. The van der Waals surface area contributed by atoms with E-state index in [4.69, 9.17) is 10.8 Å². The first-order chi connectivity index (χ1) is 5.83. The second-order valence-corrected chi connectivity index (χ2v) is 2.48. The maximum Gasteiger partial charge on any atom is 0.123 e. The second kappa shape index (κ2) is 4.56. The summed E-state index contributed by atoms with van der Waals surface area (Å²) in [4.78, 5) is 3.91. The van der Waals surface area contributed by atoms with E-state index in [1.165, 1.54) is 0 Å². The zero-order valence-corrected chi connectivity index (χ0v) is 6.83. The van der Waals surface area contributed by atoms with E-state index in [2.05, 4.69) is 10.3 Å². The zero-order valence-electron chi connectivity index (χ0n) is 6.83. The SMILES string of the molecule is Nc1ccc(NCCCO)cn1. The van der Waals surface area contributed by atoms with Crippen LogP contribution in [0.4, 0.5) is 11.5 Å². The Kier molecular flexibility index (Phi) is 3.35. The number of aromatic nitrogens is 1. The molecule has 1 aromatic heterocycles. The van der Waals surface area contributed by atoms with Crippen molar-refractivity contribution in [3.05, 3.63) is 18.3 Å². The molecule has 12 heavy (non-hydrogen) atoms. The van der Waals surface area contributed by atoms with Gasteiger partial charge in [-0.15, -0.1) is 0 Å². The third-order valence-electron chi connectivity index (χ3n) is 1.45. The first kappa shape index (κ1) is 8.80. The molecule has 4 N–H and O–H groups in total. The predicted molar refractivity (Wildman–Crippen MR) is 48.8 cm³/mol. The fraction of sp³-hybridized carbons (Fsp3) is 0.375. The molecular formula is C8H13N3O. The molecule has 0 fully saturated rings. The molecule has 0 radical (unpaired) electrons. The van der Waals surface area contributed by atoms with E-state index >= 15 is 0 Å². The van der Waals surface area contributed by atoms with Gasteiger partial charge in [0.1, 0.15) is 5.82 Å². The highest BCUT2D eigenvalue weighted by Crippen LogP contribution is 2.06. The Labute approximate surface area is 71.4 Å². The Hall–Kier alpha value is -1.29. The number of aliphatic hydroxyl groups excluding tert-OH is 1. The van der Waals surface area contributed by atoms with Crippen LogP contribution in [0.3, 0.4) is 0 Å². The molecule has 66 valence electrons. The van der Waals surface area contributed by atoms with Gasteiger partial charge in [0.25, 0.3) is 0 Å². The molecule has 0 saturated heterocycles. The van der Waals surface area contributed by atoms with Crippen molar-refractivity contribution in [1.82, 2.24) is 4.98 Å². The Morgan fingerprint density at radius 2 is 2.33 bits per heavy atom. The number of nitrogen functional groups attached to an aromatic ring is 1. The van der Waals surface area contributed by atoms with E-state index in [1.54, 1.807) is 12.3 Å². The van der Waals surface area contributed by atoms with Crippen molar-refractivity contribution in [1.29, 1.82) is 0 Å². The molecule has 4 heteroatoms. The summed E-state index contributed by atoms with van der Waals surface area (Å²) in [6, 6.07) is 3.60. The molecule has 0 aliphatic rings. The lowest BCUT2D eigenvalue weighted by molar-refractivity contribution is 0.292. The van der Waals surface area contributed by atoms with Gasteiger partial charge in [0.15, 0.2) is 0 Å². The number of anilines is 2. The van der Waals surface area contributed by atoms with Crippen molar-refractivity contribution in [2.45, 2.75) is 6.42 Å². The number of pyridine rings is 1. The van der Waals surface area contributed by atoms with Crippen molar-refractivity contribution < 1.29 is 5.11 Å². The van der Waals surface area contributed by atoms with Crippen LogP contribution in [-0.2, 0) is 0 Å². The van der Waals surface area contributed by atoms with Crippen LogP contribution in [0, 0.1) is 0 Å². The van der Waals surface area contributed by atoms with E-state index in [1.807, 2.05) is 6.07 Å². The topological polar surface area (TPSA) is 71.2 Å². The van der Waals surface area contributed by atoms with E-state index in [-0.39, 0.29) is 6.61 Å². The first-order valence-corrected chi connectivity index (χ1v) is 3.89. The largest absolute Gasteiger partial charge is 0.396 e. The van der Waals surface area contributed by atoms with Crippen LogP contribution in [0.2, 0.25) is 0 Å². The summed E-state index contributed by atoms with van der Waals surface area (Å²) in [6.45, 7) is 0.956. The van der Waals surface area contributed by atoms with Crippen molar-refractivity contribution in [3.8, 4) is 0 Å². The molecule has 1 aromatic rings. The molecule has 0 unspecified atom stereocenters. The predicted octanol–water partition coefficient (Wildman–Crippen LogP) is 0.458. The van der Waals surface area contributed by atoms with E-state index in [0.29, 0.717) is 5.82 Å². The van der Waals surface area contributed by atoms with Crippen LogP contribution < -0.4 is 11.1 Å². The number of hydrogen-bond acceptors (Lipinski definition) is 4. The number of hydrogen-bond donors (Lipinski definition) is 3. The third-order valence-corrected chi connectivity index (χ3v) is 1.45. The minimum Gasteiger partial charge on any atom is -0.396 e. The van der Waals surface area contributed by atoms with Gasteiger partial charge >= 0.3 is 0 Å². The lowest BCUT2D eigenvalue weighted by atomic mass is 10.4. The van der Waals surface area contributed by atoms with Gasteiger partial charge in [0, 0.05) is 13.2 Å². The Morgan fingerprint density at radius 1 is 1.50 bits per heavy atom. The summed E-state index contributed by atoms with van der Waals surface area (Å²) in [7, 11) is 0. The van der Waals surface area contributed by atoms with Crippen molar-refractivity contribution >= 4 is 11.5 Å². The number of nitrogens with zero attached hydrogens (tertiary/aromatic N) is 1. The summed E-state index contributed by atoms with van der Waals surface area (Å²) < 4.78 is 0. The molecule has 0 aliphatic carbocycles. The van der Waals surface area contributed by atoms with Gasteiger partial charge in [-0.1, -0.05) is 0 Å². The lowest BCUT2D eigenvalue weighted by Crippen LogP contribution is -2.03. The molecule has 0 atom stereocenters. The highest BCUT2D eigenvalue weighted by Gasteiger charge is 1.90. The van der Waals surface area contributed by atoms with Crippen LogP contribution in [0.25, 0.3) is 0 Å². The Bertz CT molecular complexity index is 222. The molecule has 0 bridgehead atoms. The normalized spacial score (nSPS) is 9.75. The maximum atomic E-state index is 8.51. The number of nitrogens with two attached hydrogens (primary N) is 1. The molecule has 0 aliphatic heterocycles. The highest BCUT2D eigenvalue weighted by molar-refractivity contribution is 5.45. The van der Waals surface area contributed by atoms with Gasteiger partial charge in [-0.25, -0.2) is 4.98 Å². The summed E-state index contributed by atoms with van der Waals surface area (Å²) in [5.74, 6) is 0.516. The molecule has 0 amide bonds. The van der Waals surface area contributed by atoms with Crippen molar-refractivity contribution in [2.75, 3.05) is 24.2 Å². The molecule has 4 nitrogen and oxygen atoms in total. The fourth-order valence-corrected chi connectivity index (χ4v) is 0.822. The summed E-state index contributed by atoms with van der Waals surface area (Å²) in [6.07, 6.45) is 2.41. The standard InChI is InChI=1S/C8H13N3O/c9-8-3-2-7(6-11-8)10-4-1-5-12/h2-3,6,10,12H,1,4-5H2,(H2,9,11). The third kappa shape index (κ3) is 2.75. The van der Waals surface area contributed by atoms with Gasteiger partial charge in [-0.3, -0.25) is 0 Å². The van der Waals surface area contributed by atoms with Crippen molar-refractivity contribution in [2.24, 2.45) is 0 Å². The molecular weight excluding hydrogens is 154 g/mol. The van der Waals surface area contributed by atoms with Crippen LogP contribution in [0.1, 0.15) is 6.42 Å². The van der Waals surface area contributed by atoms with Crippen molar-refractivity contribution in [3.63, 3.8) is 0 Å². The fourth-order valence-electron chi connectivity index (χ4n) is 0.822. The van der Waals surface area contributed by atoms with Crippen LogP contribution >= 0.6 is 0 Å². The second-order valence-electron chi connectivity index (χ2n) is 2.48. The average Bonchev–Trinajstić information content (AvgIpc) is 2.09. The van der Waals surface area contributed by atoms with Gasteiger partial charge in [-0.2, -0.15) is 0 Å². The summed E-state index contributed by atoms with van der Waals surface area (Å²) >= 11 is 0. The minimum absolute atomic E-state index is 0.204. The molecule has 0 aromatic carbocycles. The van der Waals surface area contributed by atoms with Gasteiger partial charge < -0.3 is 16.2 Å². The van der Waals surface area contributed by atoms with E-state index in [0.717, 1.165) is 18.7 Å². The van der Waals surface area contributed by atoms with E-state index in [9.17, 15) is 0 Å². The molecule has 0 saturated carbocycles. The summed E-state index contributed by atoms with van der Waals surface area (Å²) in [5.41, 5.74) is 6.33. The number of nitrogens with one attached hydrogen (secondary N) is 1. The lowest BCUT2D eigenvalue weighted by Gasteiger charge is -2.03. The van der Waals surface area contributed by atoms with Gasteiger partial charge in [0.2, 0.25) is 0 Å². The van der Waals surface area contributed by atoms with Gasteiger partial charge in [0.05, 0.1) is 11.9 Å². The average molecular weight is 167 g/mol. The molecule has 0 spiro atoms. The highest BCUT2D eigenvalue weighted by atomic mass is 16.3. The van der Waals surface area contributed by atoms with Crippen LogP contribution in [0.5, 0.6) is 0 Å². The number of aliphatic hydroxyl groups is 1. The Morgan fingerprint density at radius 3 is 2.92 bits per heavy atom. The summed E-state index contributed by atoms with van der Waals surface area (Å²) in [5, 5.41) is 11.6. The molecule has 1 heterocycles. The zero-order chi connectivity index (χ0) is 8.81. The number of rotatable bonds is 4. The maximum absolute atomic E-state index is 8.51. The molecule has 1 rings (SSSR count). The smallest absolute Gasteiger partial charge is 0.123 e. The Balaban J connectivity index is 2.37. The van der Waals surface area contributed by atoms with Crippen LogP contribution in [0.15, 0.2) is 18.3 Å². The van der Waals surface area contributed by atoms with Gasteiger partial charge in [-0.05, 0) is 18.6 Å². The van der Waals surface area contributed by atoms with Crippen LogP contribution in [-0.4, -0.2) is 23.2 Å². The van der Waals surface area contributed by atoms with E-state index < -0.39 is 0 Å².